The normalized spacial score (nSPS) is 20.2. The molecule has 4 heterocycles. The molecule has 1 amide bonds. The highest BCUT2D eigenvalue weighted by Gasteiger charge is 2.29. The van der Waals surface area contributed by atoms with E-state index in [9.17, 15) is 14.4 Å². The number of hydrogen-bond donors (Lipinski definition) is 1. The summed E-state index contributed by atoms with van der Waals surface area (Å²) in [5.74, 6) is 0.711. The zero-order valence-corrected chi connectivity index (χ0v) is 16.6. The summed E-state index contributed by atoms with van der Waals surface area (Å²) in [6, 6.07) is 5.16. The third-order valence-corrected chi connectivity index (χ3v) is 5.90. The van der Waals surface area contributed by atoms with Crippen molar-refractivity contribution in [2.24, 2.45) is 5.92 Å². The van der Waals surface area contributed by atoms with Crippen molar-refractivity contribution in [3.63, 3.8) is 0 Å². The van der Waals surface area contributed by atoms with Crippen molar-refractivity contribution in [2.45, 2.75) is 45.1 Å². The first-order chi connectivity index (χ1) is 14.0. The van der Waals surface area contributed by atoms with Crippen LogP contribution in [0.3, 0.4) is 0 Å². The fourth-order valence-corrected chi connectivity index (χ4v) is 4.25. The van der Waals surface area contributed by atoms with E-state index in [1.807, 2.05) is 6.07 Å². The average Bonchev–Trinajstić information content (AvgIpc) is 3.24. The van der Waals surface area contributed by atoms with Gasteiger partial charge in [0.15, 0.2) is 0 Å². The van der Waals surface area contributed by atoms with Crippen molar-refractivity contribution >= 4 is 5.91 Å². The lowest BCUT2D eigenvalue weighted by Crippen LogP contribution is -2.41. The zero-order chi connectivity index (χ0) is 20.4. The van der Waals surface area contributed by atoms with Crippen LogP contribution in [0.25, 0.3) is 0 Å². The first kappa shape index (κ1) is 19.6. The van der Waals surface area contributed by atoms with Gasteiger partial charge in [0, 0.05) is 32.0 Å². The van der Waals surface area contributed by atoms with Crippen LogP contribution >= 0.6 is 0 Å². The Labute approximate surface area is 168 Å². The van der Waals surface area contributed by atoms with Gasteiger partial charge in [-0.1, -0.05) is 6.07 Å². The summed E-state index contributed by atoms with van der Waals surface area (Å²) < 4.78 is 11.0. The Kier molecular flexibility index (Phi) is 5.67. The summed E-state index contributed by atoms with van der Waals surface area (Å²) >= 11 is 0. The number of nitrogens with zero attached hydrogens (tertiary/aromatic N) is 1. The number of aryl methyl sites for hydroxylation is 1. The van der Waals surface area contributed by atoms with E-state index in [0.717, 1.165) is 37.7 Å². The average molecular weight is 398 g/mol. The van der Waals surface area contributed by atoms with E-state index in [4.69, 9.17) is 9.15 Å². The third kappa shape index (κ3) is 4.34. The van der Waals surface area contributed by atoms with Crippen LogP contribution in [0.1, 0.15) is 59.0 Å². The van der Waals surface area contributed by atoms with Gasteiger partial charge in [0.1, 0.15) is 17.4 Å². The van der Waals surface area contributed by atoms with E-state index in [2.05, 4.69) is 4.98 Å². The Morgan fingerprint density at radius 2 is 2.00 bits per heavy atom. The molecule has 2 aliphatic rings. The molecule has 7 heteroatoms. The molecule has 2 aromatic heterocycles. The standard InChI is InChI=1S/C22H26N2O5/c1-14-11-18(17-3-2-10-28-17)29-22(27)20(14)21(26)24-8-6-15(7-9-24)12-16-4-5-19(25)23-13-16/h4-5,11,13,15,17H,2-3,6-10,12H2,1H3,(H,23,25). The quantitative estimate of drug-likeness (QED) is 0.855. The number of ether oxygens (including phenoxy) is 1. The summed E-state index contributed by atoms with van der Waals surface area (Å²) in [6.45, 7) is 3.67. The summed E-state index contributed by atoms with van der Waals surface area (Å²) in [5, 5.41) is 0. The lowest BCUT2D eigenvalue weighted by molar-refractivity contribution is 0.0678. The van der Waals surface area contributed by atoms with Gasteiger partial charge in [0.25, 0.3) is 5.91 Å². The number of hydrogen-bond acceptors (Lipinski definition) is 5. The highest BCUT2D eigenvalue weighted by molar-refractivity contribution is 5.95. The number of pyridine rings is 1. The summed E-state index contributed by atoms with van der Waals surface area (Å²) in [4.78, 5) is 41.1. The summed E-state index contributed by atoms with van der Waals surface area (Å²) in [6.07, 6.45) is 5.95. The highest BCUT2D eigenvalue weighted by atomic mass is 16.5. The Hall–Kier alpha value is -2.67. The number of nitrogens with one attached hydrogen (secondary N) is 1. The second-order valence-electron chi connectivity index (χ2n) is 8.00. The van der Waals surface area contributed by atoms with Gasteiger partial charge in [-0.15, -0.1) is 0 Å². The molecule has 1 atom stereocenters. The maximum Gasteiger partial charge on any atom is 0.349 e. The number of amides is 1. The highest BCUT2D eigenvalue weighted by Crippen LogP contribution is 2.29. The molecule has 0 spiro atoms. The van der Waals surface area contributed by atoms with Crippen LogP contribution in [-0.4, -0.2) is 35.5 Å². The van der Waals surface area contributed by atoms with Gasteiger partial charge < -0.3 is 19.0 Å². The molecular weight excluding hydrogens is 372 g/mol. The number of aromatic nitrogens is 1. The SMILES string of the molecule is Cc1cc(C2CCCO2)oc(=O)c1C(=O)N1CCC(Cc2ccc(=O)[nH]c2)CC1. The van der Waals surface area contributed by atoms with E-state index >= 15 is 0 Å². The number of carbonyl (C=O) groups is 1. The van der Waals surface area contributed by atoms with Crippen LogP contribution in [0, 0.1) is 12.8 Å². The summed E-state index contributed by atoms with van der Waals surface area (Å²) in [7, 11) is 0. The molecule has 1 N–H and O–H groups in total. The molecule has 2 saturated heterocycles. The van der Waals surface area contributed by atoms with E-state index in [0.29, 0.717) is 36.9 Å². The minimum Gasteiger partial charge on any atom is -0.424 e. The largest absolute Gasteiger partial charge is 0.424 e. The molecule has 2 fully saturated rings. The van der Waals surface area contributed by atoms with E-state index < -0.39 is 5.63 Å². The fourth-order valence-electron chi connectivity index (χ4n) is 4.25. The molecule has 2 aliphatic heterocycles. The van der Waals surface area contributed by atoms with Crippen molar-refractivity contribution in [3.05, 3.63) is 67.6 Å². The van der Waals surface area contributed by atoms with Crippen LogP contribution in [0.4, 0.5) is 0 Å². The molecule has 0 saturated carbocycles. The van der Waals surface area contributed by atoms with E-state index in [-0.39, 0.29) is 23.1 Å². The number of piperidine rings is 1. The molecule has 4 rings (SSSR count). The Bertz CT molecular complexity index is 974. The Morgan fingerprint density at radius 1 is 1.21 bits per heavy atom. The second-order valence-corrected chi connectivity index (χ2v) is 8.00. The molecular formula is C22H26N2O5. The van der Waals surface area contributed by atoms with Crippen molar-refractivity contribution in [3.8, 4) is 0 Å². The van der Waals surface area contributed by atoms with Gasteiger partial charge >= 0.3 is 5.63 Å². The van der Waals surface area contributed by atoms with Crippen molar-refractivity contribution in [1.29, 1.82) is 0 Å². The topological polar surface area (TPSA) is 92.6 Å². The van der Waals surface area contributed by atoms with Gasteiger partial charge in [-0.05, 0) is 62.1 Å². The number of aromatic amines is 1. The molecule has 0 aromatic carbocycles. The van der Waals surface area contributed by atoms with Crippen LogP contribution < -0.4 is 11.2 Å². The smallest absolute Gasteiger partial charge is 0.349 e. The molecule has 0 bridgehead atoms. The minimum absolute atomic E-state index is 0.103. The van der Waals surface area contributed by atoms with Crippen molar-refractivity contribution < 1.29 is 13.9 Å². The van der Waals surface area contributed by atoms with E-state index in [1.165, 1.54) is 6.07 Å². The Morgan fingerprint density at radius 3 is 2.62 bits per heavy atom. The van der Waals surface area contributed by atoms with Gasteiger partial charge in [-0.3, -0.25) is 9.59 Å². The molecule has 7 nitrogen and oxygen atoms in total. The lowest BCUT2D eigenvalue weighted by atomic mass is 9.90. The first-order valence-corrected chi connectivity index (χ1v) is 10.2. The summed E-state index contributed by atoms with van der Waals surface area (Å²) in [5.41, 5.74) is 1.19. The number of rotatable bonds is 4. The minimum atomic E-state index is -0.573. The molecule has 2 aromatic rings. The monoisotopic (exact) mass is 398 g/mol. The number of likely N-dealkylation sites (tertiary alicyclic amines) is 1. The molecule has 1 unspecified atom stereocenters. The van der Waals surface area contributed by atoms with E-state index in [1.54, 1.807) is 24.1 Å². The van der Waals surface area contributed by atoms with Crippen molar-refractivity contribution in [1.82, 2.24) is 9.88 Å². The number of carbonyl (C=O) groups excluding carboxylic acids is 1. The van der Waals surface area contributed by atoms with Gasteiger partial charge in [-0.2, -0.15) is 0 Å². The van der Waals surface area contributed by atoms with Crippen LogP contribution in [0.2, 0.25) is 0 Å². The third-order valence-electron chi connectivity index (χ3n) is 5.90. The van der Waals surface area contributed by atoms with Crippen LogP contribution in [0.15, 0.2) is 38.4 Å². The van der Waals surface area contributed by atoms with Crippen molar-refractivity contribution in [2.75, 3.05) is 19.7 Å². The Balaban J connectivity index is 1.41. The zero-order valence-electron chi connectivity index (χ0n) is 16.6. The molecule has 29 heavy (non-hydrogen) atoms. The predicted molar refractivity (Wildman–Crippen MR) is 107 cm³/mol. The van der Waals surface area contributed by atoms with Crippen LogP contribution in [-0.2, 0) is 11.2 Å². The fraction of sp³-hybridized carbons (Fsp3) is 0.500. The lowest BCUT2D eigenvalue weighted by Gasteiger charge is -2.32. The van der Waals surface area contributed by atoms with Gasteiger partial charge in [-0.25, -0.2) is 4.79 Å². The number of H-pyrrole nitrogens is 1. The predicted octanol–water partition coefficient (Wildman–Crippen LogP) is 2.58. The second kappa shape index (κ2) is 8.37. The molecule has 154 valence electrons. The first-order valence-electron chi connectivity index (χ1n) is 10.2. The molecule has 0 aliphatic carbocycles. The van der Waals surface area contributed by atoms with Crippen LogP contribution in [0.5, 0.6) is 0 Å². The van der Waals surface area contributed by atoms with Gasteiger partial charge in [0.05, 0.1) is 0 Å². The molecule has 0 radical (unpaired) electrons. The maximum absolute atomic E-state index is 13.0. The van der Waals surface area contributed by atoms with Gasteiger partial charge in [0.2, 0.25) is 5.56 Å². The maximum atomic E-state index is 13.0.